The number of pyridine rings is 1. The third-order valence-electron chi connectivity index (χ3n) is 2.25. The summed E-state index contributed by atoms with van der Waals surface area (Å²) in [6, 6.07) is 6.04. The second-order valence-electron chi connectivity index (χ2n) is 3.69. The van der Waals surface area contributed by atoms with E-state index in [1.165, 1.54) is 11.5 Å². The maximum absolute atomic E-state index is 5.76. The molecule has 0 amide bonds. The highest BCUT2D eigenvalue weighted by Crippen LogP contribution is 2.06. The van der Waals surface area contributed by atoms with E-state index < -0.39 is 0 Å². The van der Waals surface area contributed by atoms with Crippen LogP contribution in [-0.4, -0.2) is 35.0 Å². The number of hydrogen-bond acceptors (Lipinski definition) is 3. The Labute approximate surface area is 107 Å². The highest BCUT2D eigenvalue weighted by atomic mass is 35.5. The highest BCUT2D eigenvalue weighted by Gasteiger charge is 2.02. The summed E-state index contributed by atoms with van der Waals surface area (Å²) >= 11 is 7.73. The lowest BCUT2D eigenvalue weighted by molar-refractivity contribution is 0.344. The molecule has 0 aliphatic heterocycles. The Kier molecular flexibility index (Phi) is 6.85. The van der Waals surface area contributed by atoms with Gasteiger partial charge in [-0.1, -0.05) is 13.0 Å². The van der Waals surface area contributed by atoms with E-state index in [0.29, 0.717) is 5.88 Å². The van der Waals surface area contributed by atoms with E-state index in [4.69, 9.17) is 11.6 Å². The van der Waals surface area contributed by atoms with Gasteiger partial charge in [-0.3, -0.25) is 9.88 Å². The van der Waals surface area contributed by atoms with Crippen molar-refractivity contribution in [1.82, 2.24) is 9.88 Å². The van der Waals surface area contributed by atoms with Crippen LogP contribution in [0.2, 0.25) is 0 Å². The van der Waals surface area contributed by atoms with Gasteiger partial charge in [0.15, 0.2) is 0 Å². The van der Waals surface area contributed by atoms with Crippen LogP contribution in [0.25, 0.3) is 0 Å². The molecule has 0 fully saturated rings. The molecule has 2 nitrogen and oxygen atoms in total. The fourth-order valence-electron chi connectivity index (χ4n) is 1.41. The SMILES string of the molecule is CCSCCN(C)Cc1cccc(CCl)n1. The summed E-state index contributed by atoms with van der Waals surface area (Å²) in [7, 11) is 2.13. The normalized spacial score (nSPS) is 11.0. The molecule has 0 atom stereocenters. The molecule has 1 heterocycles. The molecule has 90 valence electrons. The van der Waals surface area contributed by atoms with Crippen LogP contribution in [0.15, 0.2) is 18.2 Å². The second kappa shape index (κ2) is 7.93. The van der Waals surface area contributed by atoms with Gasteiger partial charge in [0.25, 0.3) is 0 Å². The molecule has 1 aromatic heterocycles. The lowest BCUT2D eigenvalue weighted by atomic mass is 10.3. The number of alkyl halides is 1. The standard InChI is InChI=1S/C12H19ClN2S/c1-3-16-8-7-15(2)10-12-6-4-5-11(9-13)14-12/h4-6H,3,7-10H2,1-2H3. The van der Waals surface area contributed by atoms with E-state index in [1.807, 2.05) is 23.9 Å². The largest absolute Gasteiger partial charge is 0.300 e. The Morgan fingerprint density at radius 1 is 1.38 bits per heavy atom. The highest BCUT2D eigenvalue weighted by molar-refractivity contribution is 7.99. The first kappa shape index (κ1) is 13.8. The molecular weight excluding hydrogens is 240 g/mol. The predicted octanol–water partition coefficient (Wildman–Crippen LogP) is 3.01. The van der Waals surface area contributed by atoms with Crippen LogP contribution in [-0.2, 0) is 12.4 Å². The molecule has 0 N–H and O–H groups in total. The van der Waals surface area contributed by atoms with Crippen molar-refractivity contribution in [3.05, 3.63) is 29.6 Å². The van der Waals surface area contributed by atoms with Crippen molar-refractivity contribution in [3.63, 3.8) is 0 Å². The summed E-state index contributed by atoms with van der Waals surface area (Å²) in [5.41, 5.74) is 2.05. The first-order chi connectivity index (χ1) is 7.76. The molecule has 0 unspecified atom stereocenters. The third kappa shape index (κ3) is 5.19. The van der Waals surface area contributed by atoms with Gasteiger partial charge < -0.3 is 0 Å². The predicted molar refractivity (Wildman–Crippen MR) is 73.1 cm³/mol. The van der Waals surface area contributed by atoms with Gasteiger partial charge >= 0.3 is 0 Å². The van der Waals surface area contributed by atoms with Crippen LogP contribution in [0.3, 0.4) is 0 Å². The van der Waals surface area contributed by atoms with Crippen LogP contribution < -0.4 is 0 Å². The zero-order valence-electron chi connectivity index (χ0n) is 9.95. The summed E-state index contributed by atoms with van der Waals surface area (Å²) in [6.45, 7) is 4.19. The minimum atomic E-state index is 0.489. The van der Waals surface area contributed by atoms with E-state index in [1.54, 1.807) is 0 Å². The molecular formula is C12H19ClN2S. The van der Waals surface area contributed by atoms with Crippen LogP contribution >= 0.6 is 23.4 Å². The number of thioether (sulfide) groups is 1. The first-order valence-corrected chi connectivity index (χ1v) is 7.22. The van der Waals surface area contributed by atoms with Crippen LogP contribution in [0.5, 0.6) is 0 Å². The maximum atomic E-state index is 5.76. The minimum absolute atomic E-state index is 0.489. The summed E-state index contributed by atoms with van der Waals surface area (Å²) in [6.07, 6.45) is 0. The fraction of sp³-hybridized carbons (Fsp3) is 0.583. The Bertz CT molecular complexity index is 307. The topological polar surface area (TPSA) is 16.1 Å². The zero-order chi connectivity index (χ0) is 11.8. The van der Waals surface area contributed by atoms with E-state index in [0.717, 1.165) is 24.5 Å². The van der Waals surface area contributed by atoms with Crippen molar-refractivity contribution in [3.8, 4) is 0 Å². The van der Waals surface area contributed by atoms with Crippen molar-refractivity contribution in [2.24, 2.45) is 0 Å². The average molecular weight is 259 g/mol. The molecule has 0 radical (unpaired) electrons. The van der Waals surface area contributed by atoms with Gasteiger partial charge in [0.05, 0.1) is 17.3 Å². The lowest BCUT2D eigenvalue weighted by Crippen LogP contribution is -2.21. The summed E-state index contributed by atoms with van der Waals surface area (Å²) in [5.74, 6) is 2.86. The van der Waals surface area contributed by atoms with Crippen molar-refractivity contribution in [2.45, 2.75) is 19.3 Å². The minimum Gasteiger partial charge on any atom is -0.300 e. The molecule has 0 spiro atoms. The molecule has 0 aromatic carbocycles. The van der Waals surface area contributed by atoms with Crippen molar-refractivity contribution >= 4 is 23.4 Å². The van der Waals surface area contributed by atoms with Crippen molar-refractivity contribution in [2.75, 3.05) is 25.1 Å². The number of rotatable bonds is 7. The van der Waals surface area contributed by atoms with E-state index in [-0.39, 0.29) is 0 Å². The summed E-state index contributed by atoms with van der Waals surface area (Å²) in [4.78, 5) is 6.77. The summed E-state index contributed by atoms with van der Waals surface area (Å²) < 4.78 is 0. The third-order valence-corrected chi connectivity index (χ3v) is 3.41. The molecule has 1 rings (SSSR count). The Hall–Kier alpha value is -0.250. The van der Waals surface area contributed by atoms with Crippen LogP contribution in [0.1, 0.15) is 18.3 Å². The Morgan fingerprint density at radius 2 is 2.12 bits per heavy atom. The number of halogens is 1. The maximum Gasteiger partial charge on any atom is 0.0647 e. The number of hydrogen-bond donors (Lipinski definition) is 0. The van der Waals surface area contributed by atoms with Crippen molar-refractivity contribution in [1.29, 1.82) is 0 Å². The zero-order valence-corrected chi connectivity index (χ0v) is 11.5. The van der Waals surface area contributed by atoms with E-state index in [9.17, 15) is 0 Å². The van der Waals surface area contributed by atoms with Gasteiger partial charge in [-0.2, -0.15) is 11.8 Å². The quantitative estimate of drug-likeness (QED) is 0.553. The average Bonchev–Trinajstić information content (AvgIpc) is 2.29. The monoisotopic (exact) mass is 258 g/mol. The van der Waals surface area contributed by atoms with E-state index in [2.05, 4.69) is 29.9 Å². The van der Waals surface area contributed by atoms with Gasteiger partial charge in [-0.15, -0.1) is 11.6 Å². The van der Waals surface area contributed by atoms with Crippen LogP contribution in [0, 0.1) is 0 Å². The number of aromatic nitrogens is 1. The Morgan fingerprint density at radius 3 is 2.81 bits per heavy atom. The molecule has 0 bridgehead atoms. The molecule has 0 saturated carbocycles. The van der Waals surface area contributed by atoms with Crippen molar-refractivity contribution < 1.29 is 0 Å². The smallest absolute Gasteiger partial charge is 0.0647 e. The molecule has 4 heteroatoms. The van der Waals surface area contributed by atoms with E-state index >= 15 is 0 Å². The molecule has 1 aromatic rings. The second-order valence-corrected chi connectivity index (χ2v) is 5.35. The molecule has 0 aliphatic carbocycles. The Balaban J connectivity index is 2.39. The fourth-order valence-corrected chi connectivity index (χ4v) is 2.29. The van der Waals surface area contributed by atoms with Gasteiger partial charge in [-0.25, -0.2) is 0 Å². The van der Waals surface area contributed by atoms with Gasteiger partial charge in [0.2, 0.25) is 0 Å². The molecule has 0 saturated heterocycles. The number of nitrogens with zero attached hydrogens (tertiary/aromatic N) is 2. The lowest BCUT2D eigenvalue weighted by Gasteiger charge is -2.15. The van der Waals surface area contributed by atoms with Gasteiger partial charge in [0.1, 0.15) is 0 Å². The first-order valence-electron chi connectivity index (χ1n) is 5.53. The van der Waals surface area contributed by atoms with Gasteiger partial charge in [0, 0.05) is 18.8 Å². The summed E-state index contributed by atoms with van der Waals surface area (Å²) in [5, 5.41) is 0. The van der Waals surface area contributed by atoms with Crippen LogP contribution in [0.4, 0.5) is 0 Å². The molecule has 0 aliphatic rings. The molecule has 16 heavy (non-hydrogen) atoms. The van der Waals surface area contributed by atoms with Gasteiger partial charge in [-0.05, 0) is 24.9 Å².